The highest BCUT2D eigenvalue weighted by atomic mass is 19.1. The molecule has 1 fully saturated rings. The molecule has 0 amide bonds. The van der Waals surface area contributed by atoms with Crippen LogP contribution in [0.2, 0.25) is 0 Å². The summed E-state index contributed by atoms with van der Waals surface area (Å²) in [6.07, 6.45) is 14.4. The van der Waals surface area contributed by atoms with Crippen LogP contribution in [0.5, 0.6) is 0 Å². The highest BCUT2D eigenvalue weighted by molar-refractivity contribution is 5.71. The van der Waals surface area contributed by atoms with Crippen molar-refractivity contribution in [2.75, 3.05) is 0 Å². The minimum Gasteiger partial charge on any atom is -0.206 e. The molecule has 1 saturated carbocycles. The molecule has 0 saturated heterocycles. The third-order valence-corrected chi connectivity index (χ3v) is 7.83. The van der Waals surface area contributed by atoms with Gasteiger partial charge in [0.15, 0.2) is 0 Å². The minimum atomic E-state index is -0.149. The lowest BCUT2D eigenvalue weighted by Crippen LogP contribution is -2.13. The van der Waals surface area contributed by atoms with Crippen molar-refractivity contribution in [1.29, 1.82) is 0 Å². The Balaban J connectivity index is 1.38. The van der Waals surface area contributed by atoms with Crippen LogP contribution < -0.4 is 0 Å². The molecule has 3 aromatic rings. The van der Waals surface area contributed by atoms with Crippen molar-refractivity contribution in [1.82, 2.24) is 0 Å². The molecule has 1 aliphatic rings. The number of unbranched alkanes of at least 4 members (excludes halogenated alkanes) is 3. The van der Waals surface area contributed by atoms with Gasteiger partial charge in [-0.15, -0.1) is 0 Å². The first kappa shape index (κ1) is 24.7. The molecule has 34 heavy (non-hydrogen) atoms. The Bertz CT molecular complexity index is 1010. The Labute approximate surface area is 206 Å². The first-order valence-corrected chi connectivity index (χ1v) is 13.7. The van der Waals surface area contributed by atoms with Gasteiger partial charge in [-0.25, -0.2) is 4.39 Å². The molecule has 0 radical (unpaired) electrons. The highest BCUT2D eigenvalue weighted by Gasteiger charge is 2.22. The van der Waals surface area contributed by atoms with Crippen LogP contribution >= 0.6 is 0 Å². The van der Waals surface area contributed by atoms with Gasteiger partial charge in [0.1, 0.15) is 5.82 Å². The lowest BCUT2D eigenvalue weighted by molar-refractivity contribution is 0.303. The zero-order valence-electron chi connectivity index (χ0n) is 21.2. The van der Waals surface area contributed by atoms with Crippen molar-refractivity contribution in [3.8, 4) is 22.3 Å². The van der Waals surface area contributed by atoms with Crippen LogP contribution in [0.3, 0.4) is 0 Å². The van der Waals surface area contributed by atoms with E-state index in [-0.39, 0.29) is 5.82 Å². The van der Waals surface area contributed by atoms with Crippen molar-refractivity contribution >= 4 is 0 Å². The molecule has 1 heteroatoms. The highest BCUT2D eigenvalue weighted by Crippen LogP contribution is 2.38. The summed E-state index contributed by atoms with van der Waals surface area (Å²) in [6.45, 7) is 4.50. The maximum Gasteiger partial charge on any atom is 0.131 e. The molecule has 0 spiro atoms. The lowest BCUT2D eigenvalue weighted by Gasteiger charge is -2.29. The third-order valence-electron chi connectivity index (χ3n) is 7.83. The maximum absolute atomic E-state index is 15.0. The molecule has 0 bridgehead atoms. The predicted octanol–water partition coefficient (Wildman–Crippen LogP) is 10.4. The van der Waals surface area contributed by atoms with Crippen LogP contribution in [0, 0.1) is 11.7 Å². The van der Waals surface area contributed by atoms with Crippen molar-refractivity contribution in [2.24, 2.45) is 5.92 Å². The summed E-state index contributed by atoms with van der Waals surface area (Å²) >= 11 is 0. The average Bonchev–Trinajstić information content (AvgIpc) is 2.88. The van der Waals surface area contributed by atoms with Gasteiger partial charge in [0.05, 0.1) is 0 Å². The summed E-state index contributed by atoms with van der Waals surface area (Å²) in [4.78, 5) is 0. The van der Waals surface area contributed by atoms with Gasteiger partial charge in [-0.3, -0.25) is 0 Å². The maximum atomic E-state index is 15.0. The topological polar surface area (TPSA) is 0 Å². The normalized spacial score (nSPS) is 18.2. The molecule has 1 aliphatic carbocycles. The predicted molar refractivity (Wildman–Crippen MR) is 145 cm³/mol. The summed E-state index contributed by atoms with van der Waals surface area (Å²) in [5.41, 5.74) is 6.45. The van der Waals surface area contributed by atoms with Crippen molar-refractivity contribution in [3.63, 3.8) is 0 Å². The van der Waals surface area contributed by atoms with Crippen LogP contribution in [-0.4, -0.2) is 0 Å². The summed E-state index contributed by atoms with van der Waals surface area (Å²) in [5, 5.41) is 0. The van der Waals surface area contributed by atoms with E-state index in [0.29, 0.717) is 11.5 Å². The molecule has 0 nitrogen and oxygen atoms in total. The second-order valence-corrected chi connectivity index (χ2v) is 10.3. The molecular weight excluding hydrogens is 415 g/mol. The summed E-state index contributed by atoms with van der Waals surface area (Å²) in [5.74, 6) is 1.48. The van der Waals surface area contributed by atoms with Gasteiger partial charge in [0.2, 0.25) is 0 Å². The Morgan fingerprint density at radius 1 is 0.676 bits per heavy atom. The van der Waals surface area contributed by atoms with Crippen LogP contribution in [0.15, 0.2) is 66.7 Å². The largest absolute Gasteiger partial charge is 0.206 e. The number of aryl methyl sites for hydroxylation is 1. The standard InChI is InChI=1S/C33H41F/c1-3-5-7-9-26-10-14-27(15-11-26)28-18-20-29(21-19-28)31-22-23-32(33(34)24-31)30-16-12-25(13-17-30)8-6-4-2/h12-13,16-24,26-27H,3-11,14-15H2,1-2H3. The molecule has 0 unspecified atom stereocenters. The molecular formula is C33H41F. The minimum absolute atomic E-state index is 0.149. The lowest BCUT2D eigenvalue weighted by atomic mass is 9.77. The van der Waals surface area contributed by atoms with Crippen LogP contribution in [0.25, 0.3) is 22.3 Å². The van der Waals surface area contributed by atoms with Gasteiger partial charge < -0.3 is 0 Å². The van der Waals surface area contributed by atoms with E-state index in [1.807, 2.05) is 6.07 Å². The SMILES string of the molecule is CCCCCC1CCC(c2ccc(-c3ccc(-c4ccc(CCCC)cc4)c(F)c3)cc2)CC1. The van der Waals surface area contributed by atoms with Gasteiger partial charge in [-0.2, -0.15) is 0 Å². The smallest absolute Gasteiger partial charge is 0.131 e. The fourth-order valence-corrected chi connectivity index (χ4v) is 5.58. The van der Waals surface area contributed by atoms with Gasteiger partial charge in [-0.1, -0.05) is 107 Å². The van der Waals surface area contributed by atoms with Gasteiger partial charge >= 0.3 is 0 Å². The molecule has 0 aromatic heterocycles. The number of hydrogen-bond donors (Lipinski definition) is 0. The molecule has 0 atom stereocenters. The quantitative estimate of drug-likeness (QED) is 0.266. The number of rotatable bonds is 10. The van der Waals surface area contributed by atoms with Crippen molar-refractivity contribution in [3.05, 3.63) is 83.7 Å². The fraction of sp³-hybridized carbons (Fsp3) is 0.455. The summed E-state index contributed by atoms with van der Waals surface area (Å²) in [7, 11) is 0. The summed E-state index contributed by atoms with van der Waals surface area (Å²) in [6, 6.07) is 23.0. The monoisotopic (exact) mass is 456 g/mol. The number of halogens is 1. The Morgan fingerprint density at radius 2 is 1.32 bits per heavy atom. The zero-order chi connectivity index (χ0) is 23.8. The molecule has 0 heterocycles. The van der Waals surface area contributed by atoms with E-state index in [0.717, 1.165) is 29.0 Å². The van der Waals surface area contributed by atoms with E-state index in [9.17, 15) is 0 Å². The Kier molecular flexibility index (Phi) is 8.97. The van der Waals surface area contributed by atoms with Gasteiger partial charge in [-0.05, 0) is 84.2 Å². The average molecular weight is 457 g/mol. The van der Waals surface area contributed by atoms with Crippen molar-refractivity contribution in [2.45, 2.75) is 90.4 Å². The van der Waals surface area contributed by atoms with E-state index in [1.54, 1.807) is 6.07 Å². The fourth-order valence-electron chi connectivity index (χ4n) is 5.58. The Hall–Kier alpha value is -2.41. The molecule has 4 rings (SSSR count). The molecule has 180 valence electrons. The van der Waals surface area contributed by atoms with E-state index in [1.165, 1.54) is 75.3 Å². The van der Waals surface area contributed by atoms with Gasteiger partial charge in [0, 0.05) is 5.56 Å². The van der Waals surface area contributed by atoms with E-state index in [4.69, 9.17) is 0 Å². The van der Waals surface area contributed by atoms with Gasteiger partial charge in [0.25, 0.3) is 0 Å². The van der Waals surface area contributed by atoms with E-state index < -0.39 is 0 Å². The Morgan fingerprint density at radius 3 is 1.97 bits per heavy atom. The van der Waals surface area contributed by atoms with Crippen LogP contribution in [-0.2, 0) is 6.42 Å². The van der Waals surface area contributed by atoms with Crippen molar-refractivity contribution < 1.29 is 4.39 Å². The van der Waals surface area contributed by atoms with Crippen LogP contribution in [0.1, 0.15) is 95.1 Å². The first-order valence-electron chi connectivity index (χ1n) is 13.7. The number of benzene rings is 3. The first-order chi connectivity index (χ1) is 16.7. The molecule has 0 aliphatic heterocycles. The van der Waals surface area contributed by atoms with E-state index in [2.05, 4.69) is 68.4 Å². The van der Waals surface area contributed by atoms with E-state index >= 15 is 4.39 Å². The number of hydrogen-bond acceptors (Lipinski definition) is 0. The molecule has 0 N–H and O–H groups in total. The second kappa shape index (κ2) is 12.3. The molecule has 3 aromatic carbocycles. The zero-order valence-corrected chi connectivity index (χ0v) is 21.2. The van der Waals surface area contributed by atoms with Crippen LogP contribution in [0.4, 0.5) is 4.39 Å². The summed E-state index contributed by atoms with van der Waals surface area (Å²) < 4.78 is 15.0. The second-order valence-electron chi connectivity index (χ2n) is 10.3. The third kappa shape index (κ3) is 6.38.